The molecule has 0 fully saturated rings. The van der Waals surface area contributed by atoms with Crippen molar-refractivity contribution < 1.29 is 4.74 Å². The highest BCUT2D eigenvalue weighted by atomic mass is 16.5. The van der Waals surface area contributed by atoms with Crippen LogP contribution in [0.2, 0.25) is 0 Å². The number of ether oxygens (including phenoxy) is 1. The SMILES string of the molecule is COCC(C)NC(=NCC(C(C)C)C(C)C)NN. The van der Waals surface area contributed by atoms with Crippen LogP contribution < -0.4 is 16.6 Å². The number of nitrogens with zero attached hydrogens (tertiary/aromatic N) is 1. The standard InChI is InChI=1S/C13H30N4O/c1-9(2)12(10(3)4)7-15-13(17-14)16-11(5)8-18-6/h9-12H,7-8,14H2,1-6H3,(H2,15,16,17). The Morgan fingerprint density at radius 1 is 1.17 bits per heavy atom. The van der Waals surface area contributed by atoms with E-state index in [9.17, 15) is 0 Å². The average Bonchev–Trinajstić information content (AvgIpc) is 2.27. The third-order valence-corrected chi connectivity index (χ3v) is 3.11. The number of methoxy groups -OCH3 is 1. The van der Waals surface area contributed by atoms with E-state index in [1.54, 1.807) is 7.11 Å². The molecule has 0 rings (SSSR count). The van der Waals surface area contributed by atoms with Crippen LogP contribution in [0.3, 0.4) is 0 Å². The Balaban J connectivity index is 4.41. The Morgan fingerprint density at radius 3 is 2.11 bits per heavy atom. The van der Waals surface area contributed by atoms with E-state index in [1.165, 1.54) is 0 Å². The molecule has 0 aliphatic carbocycles. The van der Waals surface area contributed by atoms with E-state index in [2.05, 4.69) is 43.4 Å². The summed E-state index contributed by atoms with van der Waals surface area (Å²) in [6.45, 7) is 12.4. The predicted molar refractivity (Wildman–Crippen MR) is 77.3 cm³/mol. The molecular formula is C13H30N4O. The van der Waals surface area contributed by atoms with Gasteiger partial charge in [0, 0.05) is 19.7 Å². The number of hydrazine groups is 1. The Hall–Kier alpha value is -0.810. The van der Waals surface area contributed by atoms with Crippen molar-refractivity contribution in [2.75, 3.05) is 20.3 Å². The normalized spacial score (nSPS) is 14.4. The average molecular weight is 258 g/mol. The van der Waals surface area contributed by atoms with Crippen LogP contribution in [-0.4, -0.2) is 32.3 Å². The first-order valence-electron chi connectivity index (χ1n) is 6.68. The fourth-order valence-electron chi connectivity index (χ4n) is 2.05. The molecule has 0 aliphatic rings. The van der Waals surface area contributed by atoms with E-state index in [-0.39, 0.29) is 6.04 Å². The largest absolute Gasteiger partial charge is 0.383 e. The van der Waals surface area contributed by atoms with Gasteiger partial charge in [-0.3, -0.25) is 10.4 Å². The van der Waals surface area contributed by atoms with Gasteiger partial charge in [-0.2, -0.15) is 0 Å². The lowest BCUT2D eigenvalue weighted by Gasteiger charge is -2.23. The molecule has 4 N–H and O–H groups in total. The van der Waals surface area contributed by atoms with Crippen molar-refractivity contribution in [3.05, 3.63) is 0 Å². The first-order chi connectivity index (χ1) is 8.42. The molecule has 0 amide bonds. The zero-order valence-electron chi connectivity index (χ0n) is 12.7. The number of aliphatic imine (C=N–C) groups is 1. The molecular weight excluding hydrogens is 228 g/mol. The molecule has 0 heterocycles. The van der Waals surface area contributed by atoms with Crippen molar-refractivity contribution in [1.29, 1.82) is 0 Å². The lowest BCUT2D eigenvalue weighted by molar-refractivity contribution is 0.179. The summed E-state index contributed by atoms with van der Waals surface area (Å²) in [6, 6.07) is 0.182. The predicted octanol–water partition coefficient (Wildman–Crippen LogP) is 1.36. The van der Waals surface area contributed by atoms with Crippen molar-refractivity contribution in [3.8, 4) is 0 Å². The van der Waals surface area contributed by atoms with Crippen LogP contribution in [0.4, 0.5) is 0 Å². The number of rotatable bonds is 7. The molecule has 5 nitrogen and oxygen atoms in total. The summed E-state index contributed by atoms with van der Waals surface area (Å²) in [7, 11) is 1.68. The summed E-state index contributed by atoms with van der Waals surface area (Å²) in [5.41, 5.74) is 2.61. The van der Waals surface area contributed by atoms with Gasteiger partial charge >= 0.3 is 0 Å². The molecule has 0 spiro atoms. The van der Waals surface area contributed by atoms with Crippen LogP contribution in [-0.2, 0) is 4.74 Å². The van der Waals surface area contributed by atoms with Gasteiger partial charge in [0.15, 0.2) is 0 Å². The molecule has 0 aromatic heterocycles. The fourth-order valence-corrected chi connectivity index (χ4v) is 2.05. The van der Waals surface area contributed by atoms with Gasteiger partial charge in [0.2, 0.25) is 5.96 Å². The molecule has 0 saturated carbocycles. The highest BCUT2D eigenvalue weighted by Crippen LogP contribution is 2.20. The molecule has 0 bridgehead atoms. The minimum absolute atomic E-state index is 0.182. The Labute approximate surface area is 112 Å². The van der Waals surface area contributed by atoms with Crippen LogP contribution in [0.5, 0.6) is 0 Å². The van der Waals surface area contributed by atoms with Crippen molar-refractivity contribution >= 4 is 5.96 Å². The maximum absolute atomic E-state index is 5.47. The van der Waals surface area contributed by atoms with Crippen LogP contribution in [0.1, 0.15) is 34.6 Å². The molecule has 5 heteroatoms. The van der Waals surface area contributed by atoms with E-state index in [0.717, 1.165) is 6.54 Å². The van der Waals surface area contributed by atoms with Gasteiger partial charge in [0.1, 0.15) is 0 Å². The van der Waals surface area contributed by atoms with E-state index in [4.69, 9.17) is 10.6 Å². The zero-order valence-corrected chi connectivity index (χ0v) is 12.7. The molecule has 0 aromatic rings. The third kappa shape index (κ3) is 6.81. The van der Waals surface area contributed by atoms with Crippen LogP contribution >= 0.6 is 0 Å². The number of guanidine groups is 1. The van der Waals surface area contributed by atoms with Crippen LogP contribution in [0.15, 0.2) is 4.99 Å². The van der Waals surface area contributed by atoms with Gasteiger partial charge < -0.3 is 10.1 Å². The lowest BCUT2D eigenvalue weighted by Crippen LogP contribution is -2.47. The Morgan fingerprint density at radius 2 is 1.72 bits per heavy atom. The molecule has 0 aliphatic heterocycles. The van der Waals surface area contributed by atoms with Crippen LogP contribution in [0.25, 0.3) is 0 Å². The molecule has 0 saturated heterocycles. The monoisotopic (exact) mass is 258 g/mol. The number of hydrogen-bond acceptors (Lipinski definition) is 3. The lowest BCUT2D eigenvalue weighted by atomic mass is 9.86. The summed E-state index contributed by atoms with van der Waals surface area (Å²) < 4.78 is 5.06. The van der Waals surface area contributed by atoms with E-state index in [1.807, 2.05) is 6.92 Å². The Bertz CT molecular complexity index is 233. The minimum Gasteiger partial charge on any atom is -0.383 e. The number of nitrogens with one attached hydrogen (secondary N) is 2. The first kappa shape index (κ1) is 17.2. The van der Waals surface area contributed by atoms with Gasteiger partial charge in [-0.15, -0.1) is 0 Å². The zero-order chi connectivity index (χ0) is 14.1. The third-order valence-electron chi connectivity index (χ3n) is 3.11. The Kier molecular flexibility index (Phi) is 8.75. The second kappa shape index (κ2) is 9.16. The number of nitrogens with two attached hydrogens (primary N) is 1. The summed E-state index contributed by atoms with van der Waals surface area (Å²) in [6.07, 6.45) is 0. The van der Waals surface area contributed by atoms with Gasteiger partial charge in [-0.25, -0.2) is 5.84 Å². The van der Waals surface area contributed by atoms with Gasteiger partial charge in [0.05, 0.1) is 6.61 Å². The molecule has 0 radical (unpaired) electrons. The fraction of sp³-hybridized carbons (Fsp3) is 0.923. The minimum atomic E-state index is 0.182. The maximum Gasteiger partial charge on any atom is 0.206 e. The van der Waals surface area contributed by atoms with Gasteiger partial charge in [-0.05, 0) is 24.7 Å². The quantitative estimate of drug-likeness (QED) is 0.279. The van der Waals surface area contributed by atoms with E-state index >= 15 is 0 Å². The summed E-state index contributed by atoms with van der Waals surface area (Å²) in [4.78, 5) is 4.52. The van der Waals surface area contributed by atoms with Gasteiger partial charge in [-0.1, -0.05) is 27.7 Å². The second-order valence-electron chi connectivity index (χ2n) is 5.49. The summed E-state index contributed by atoms with van der Waals surface area (Å²) >= 11 is 0. The highest BCUT2D eigenvalue weighted by molar-refractivity contribution is 5.79. The summed E-state index contributed by atoms with van der Waals surface area (Å²) in [5.74, 6) is 7.89. The maximum atomic E-state index is 5.47. The smallest absolute Gasteiger partial charge is 0.206 e. The first-order valence-corrected chi connectivity index (χ1v) is 6.68. The highest BCUT2D eigenvalue weighted by Gasteiger charge is 2.17. The topological polar surface area (TPSA) is 71.7 Å². The molecule has 1 unspecified atom stereocenters. The molecule has 1 atom stereocenters. The van der Waals surface area contributed by atoms with E-state index in [0.29, 0.717) is 30.3 Å². The van der Waals surface area contributed by atoms with Gasteiger partial charge in [0.25, 0.3) is 0 Å². The summed E-state index contributed by atoms with van der Waals surface area (Å²) in [5, 5.41) is 3.19. The van der Waals surface area contributed by atoms with Crippen LogP contribution in [0, 0.1) is 17.8 Å². The molecule has 18 heavy (non-hydrogen) atoms. The van der Waals surface area contributed by atoms with Crippen molar-refractivity contribution in [2.45, 2.75) is 40.7 Å². The van der Waals surface area contributed by atoms with Crippen molar-refractivity contribution in [2.24, 2.45) is 28.6 Å². The molecule has 108 valence electrons. The second-order valence-corrected chi connectivity index (χ2v) is 5.49. The van der Waals surface area contributed by atoms with E-state index < -0.39 is 0 Å². The van der Waals surface area contributed by atoms with Crippen molar-refractivity contribution in [3.63, 3.8) is 0 Å². The molecule has 0 aromatic carbocycles. The van der Waals surface area contributed by atoms with Crippen molar-refractivity contribution in [1.82, 2.24) is 10.7 Å². The number of hydrogen-bond donors (Lipinski definition) is 3.